The molecule has 0 spiro atoms. The van der Waals surface area contributed by atoms with Crippen LogP contribution in [0.1, 0.15) is 24.2 Å². The summed E-state index contributed by atoms with van der Waals surface area (Å²) in [5.74, 6) is 0.488. The minimum atomic E-state index is -0.0723. The van der Waals surface area contributed by atoms with E-state index in [0.717, 1.165) is 3.57 Å². The van der Waals surface area contributed by atoms with Gasteiger partial charge in [0.05, 0.1) is 17.2 Å². The molecule has 0 heterocycles. The normalized spacial score (nSPS) is 10.0. The molecule has 1 aromatic carbocycles. The molecule has 0 bridgehead atoms. The molecule has 2 nitrogen and oxygen atoms in total. The molecule has 4 heteroatoms. The van der Waals surface area contributed by atoms with E-state index in [9.17, 15) is 4.79 Å². The van der Waals surface area contributed by atoms with Crippen molar-refractivity contribution < 1.29 is 9.53 Å². The average Bonchev–Trinajstić information content (AvgIpc) is 2.11. The van der Waals surface area contributed by atoms with Crippen molar-refractivity contribution in [2.75, 3.05) is 6.61 Å². The summed E-state index contributed by atoms with van der Waals surface area (Å²) < 4.78 is 6.18. The van der Waals surface area contributed by atoms with Crippen LogP contribution >= 0.6 is 34.2 Å². The van der Waals surface area contributed by atoms with Crippen molar-refractivity contribution in [3.63, 3.8) is 0 Å². The fourth-order valence-corrected chi connectivity index (χ4v) is 1.88. The predicted octanol–water partition coefficient (Wildman–Crippen LogP) is 3.55. The van der Waals surface area contributed by atoms with Gasteiger partial charge < -0.3 is 4.74 Å². The molecule has 0 saturated heterocycles. The third-order valence-electron chi connectivity index (χ3n) is 1.71. The van der Waals surface area contributed by atoms with Crippen molar-refractivity contribution >= 4 is 40.0 Å². The van der Waals surface area contributed by atoms with Crippen molar-refractivity contribution in [3.8, 4) is 5.75 Å². The van der Waals surface area contributed by atoms with E-state index in [2.05, 4.69) is 22.6 Å². The van der Waals surface area contributed by atoms with E-state index >= 15 is 0 Å². The summed E-state index contributed by atoms with van der Waals surface area (Å²) in [7, 11) is 0. The van der Waals surface area contributed by atoms with Crippen LogP contribution in [0.3, 0.4) is 0 Å². The molecule has 0 aliphatic carbocycles. The Balaban J connectivity index is 3.30. The number of benzene rings is 1. The van der Waals surface area contributed by atoms with Crippen LogP contribution in [0.5, 0.6) is 5.75 Å². The van der Waals surface area contributed by atoms with Crippen LogP contribution in [0.2, 0.25) is 5.02 Å². The fourth-order valence-electron chi connectivity index (χ4n) is 1.14. The molecule has 0 atom stereocenters. The van der Waals surface area contributed by atoms with Crippen molar-refractivity contribution in [2.45, 2.75) is 13.8 Å². The number of carbonyl (C=O) groups is 1. The van der Waals surface area contributed by atoms with Gasteiger partial charge in [-0.25, -0.2) is 0 Å². The Morgan fingerprint density at radius 1 is 1.57 bits per heavy atom. The second-order valence-corrected chi connectivity index (χ2v) is 4.26. The second kappa shape index (κ2) is 4.98. The van der Waals surface area contributed by atoms with Crippen LogP contribution < -0.4 is 4.74 Å². The molecule has 76 valence electrons. The molecule has 1 rings (SSSR count). The van der Waals surface area contributed by atoms with E-state index in [1.54, 1.807) is 6.07 Å². The van der Waals surface area contributed by atoms with Crippen molar-refractivity contribution in [3.05, 3.63) is 26.3 Å². The van der Waals surface area contributed by atoms with Gasteiger partial charge in [0.2, 0.25) is 0 Å². The highest BCUT2D eigenvalue weighted by Gasteiger charge is 2.15. The first-order valence-corrected chi connectivity index (χ1v) is 5.65. The highest BCUT2D eigenvalue weighted by Crippen LogP contribution is 2.31. The number of hydrogen-bond acceptors (Lipinski definition) is 2. The Labute approximate surface area is 102 Å². The number of halogens is 2. The van der Waals surface area contributed by atoms with Crippen LogP contribution in [-0.2, 0) is 0 Å². The first-order valence-electron chi connectivity index (χ1n) is 4.19. The molecule has 0 N–H and O–H groups in total. The van der Waals surface area contributed by atoms with Crippen LogP contribution in [0.4, 0.5) is 0 Å². The lowest BCUT2D eigenvalue weighted by Gasteiger charge is -2.10. The molecule has 0 fully saturated rings. The SMILES string of the molecule is CCOc1ccc(I)c(Cl)c1C(C)=O. The Morgan fingerprint density at radius 3 is 2.71 bits per heavy atom. The van der Waals surface area contributed by atoms with Crippen LogP contribution in [0.15, 0.2) is 12.1 Å². The molecule has 14 heavy (non-hydrogen) atoms. The maximum atomic E-state index is 11.3. The molecule has 0 unspecified atom stereocenters. The standard InChI is InChI=1S/C10H10ClIO2/c1-3-14-8-5-4-7(12)10(11)9(8)6(2)13/h4-5H,3H2,1-2H3. The van der Waals surface area contributed by atoms with Gasteiger partial charge in [-0.3, -0.25) is 4.79 Å². The van der Waals surface area contributed by atoms with E-state index in [-0.39, 0.29) is 5.78 Å². The second-order valence-electron chi connectivity index (χ2n) is 2.72. The molecule has 0 saturated carbocycles. The summed E-state index contributed by atoms with van der Waals surface area (Å²) in [6.45, 7) is 3.88. The maximum Gasteiger partial charge on any atom is 0.165 e. The first-order chi connectivity index (χ1) is 6.57. The van der Waals surface area contributed by atoms with Gasteiger partial charge in [-0.1, -0.05) is 11.6 Å². The number of hydrogen-bond donors (Lipinski definition) is 0. The molecule has 0 amide bonds. The predicted molar refractivity (Wildman–Crippen MR) is 65.3 cm³/mol. The zero-order chi connectivity index (χ0) is 10.7. The summed E-state index contributed by atoms with van der Waals surface area (Å²) in [6, 6.07) is 3.61. The summed E-state index contributed by atoms with van der Waals surface area (Å²) in [4.78, 5) is 11.3. The number of ketones is 1. The molecule has 0 radical (unpaired) electrons. The summed E-state index contributed by atoms with van der Waals surface area (Å²) >= 11 is 8.11. The summed E-state index contributed by atoms with van der Waals surface area (Å²) in [6.07, 6.45) is 0. The van der Waals surface area contributed by atoms with Gasteiger partial charge >= 0.3 is 0 Å². The Morgan fingerprint density at radius 2 is 2.21 bits per heavy atom. The topological polar surface area (TPSA) is 26.3 Å². The maximum absolute atomic E-state index is 11.3. The highest BCUT2D eigenvalue weighted by molar-refractivity contribution is 14.1. The lowest BCUT2D eigenvalue weighted by atomic mass is 10.1. The van der Waals surface area contributed by atoms with Gasteiger partial charge in [0.1, 0.15) is 5.75 Å². The van der Waals surface area contributed by atoms with E-state index in [4.69, 9.17) is 16.3 Å². The summed E-state index contributed by atoms with van der Waals surface area (Å²) in [5.41, 5.74) is 0.473. The van der Waals surface area contributed by atoms with Gasteiger partial charge in [0, 0.05) is 3.57 Å². The largest absolute Gasteiger partial charge is 0.493 e. The minimum Gasteiger partial charge on any atom is -0.493 e. The van der Waals surface area contributed by atoms with E-state index in [1.807, 2.05) is 13.0 Å². The molecule has 0 aliphatic rings. The fraction of sp³-hybridized carbons (Fsp3) is 0.300. The third kappa shape index (κ3) is 2.39. The smallest absolute Gasteiger partial charge is 0.165 e. The Bertz CT molecular complexity index is 363. The van der Waals surface area contributed by atoms with Crippen molar-refractivity contribution in [1.29, 1.82) is 0 Å². The molecule has 0 aromatic heterocycles. The van der Waals surface area contributed by atoms with Crippen molar-refractivity contribution in [2.24, 2.45) is 0 Å². The van der Waals surface area contributed by atoms with Gasteiger partial charge in [-0.05, 0) is 48.6 Å². The molecule has 1 aromatic rings. The van der Waals surface area contributed by atoms with Crippen molar-refractivity contribution in [1.82, 2.24) is 0 Å². The van der Waals surface area contributed by atoms with Crippen LogP contribution in [0, 0.1) is 3.57 Å². The zero-order valence-electron chi connectivity index (χ0n) is 7.93. The Hall–Kier alpha value is -0.290. The lowest BCUT2D eigenvalue weighted by molar-refractivity contribution is 0.101. The van der Waals surface area contributed by atoms with Crippen LogP contribution in [-0.4, -0.2) is 12.4 Å². The van der Waals surface area contributed by atoms with E-state index in [1.165, 1.54) is 6.92 Å². The molecular weight excluding hydrogens is 314 g/mol. The van der Waals surface area contributed by atoms with Gasteiger partial charge in [-0.15, -0.1) is 0 Å². The van der Waals surface area contributed by atoms with Gasteiger partial charge in [0.15, 0.2) is 5.78 Å². The quantitative estimate of drug-likeness (QED) is 0.628. The monoisotopic (exact) mass is 324 g/mol. The highest BCUT2D eigenvalue weighted by atomic mass is 127. The van der Waals surface area contributed by atoms with E-state index < -0.39 is 0 Å². The van der Waals surface area contributed by atoms with Gasteiger partial charge in [-0.2, -0.15) is 0 Å². The zero-order valence-corrected chi connectivity index (χ0v) is 10.8. The third-order valence-corrected chi connectivity index (χ3v) is 3.32. The number of Topliss-reactive ketones (excluding diaryl/α,β-unsaturated/α-hetero) is 1. The van der Waals surface area contributed by atoms with Crippen LogP contribution in [0.25, 0.3) is 0 Å². The first kappa shape index (κ1) is 11.8. The van der Waals surface area contributed by atoms with Gasteiger partial charge in [0.25, 0.3) is 0 Å². The summed E-state index contributed by atoms with van der Waals surface area (Å²) in [5, 5.41) is 0.476. The Kier molecular flexibility index (Phi) is 4.19. The molecule has 0 aliphatic heterocycles. The number of ether oxygens (including phenoxy) is 1. The number of rotatable bonds is 3. The molecular formula is C10H10ClIO2. The van der Waals surface area contributed by atoms with E-state index in [0.29, 0.717) is 22.9 Å². The lowest BCUT2D eigenvalue weighted by Crippen LogP contribution is -2.02. The number of carbonyl (C=O) groups excluding carboxylic acids is 1. The minimum absolute atomic E-state index is 0.0723. The average molecular weight is 325 g/mol.